The minimum atomic E-state index is -0.248. The summed E-state index contributed by atoms with van der Waals surface area (Å²) in [6.07, 6.45) is 4.99. The number of H-pyrrole nitrogens is 1. The molecule has 2 aromatic heterocycles. The monoisotopic (exact) mass is 393 g/mol. The fraction of sp³-hybridized carbons (Fsp3) is 0.350. The second kappa shape index (κ2) is 7.86. The lowest BCUT2D eigenvalue weighted by atomic mass is 9.97. The molecule has 1 fully saturated rings. The normalized spacial score (nSPS) is 16.6. The Labute approximate surface area is 168 Å². The first-order chi connectivity index (χ1) is 14.0. The summed E-state index contributed by atoms with van der Waals surface area (Å²) in [6.45, 7) is 1.45. The molecule has 0 bridgehead atoms. The van der Waals surface area contributed by atoms with Crippen molar-refractivity contribution in [2.45, 2.75) is 18.8 Å². The number of carbonyl (C=O) groups is 1. The van der Waals surface area contributed by atoms with E-state index in [1.165, 1.54) is 11.1 Å². The van der Waals surface area contributed by atoms with Crippen LogP contribution in [0.3, 0.4) is 0 Å². The average molecular weight is 393 g/mol. The van der Waals surface area contributed by atoms with Crippen LogP contribution in [0.1, 0.15) is 35.1 Å². The largest absolute Gasteiger partial charge is 0.355 e. The van der Waals surface area contributed by atoms with E-state index in [0.29, 0.717) is 23.9 Å². The Hall–Kier alpha value is -3.49. The van der Waals surface area contributed by atoms with E-state index in [0.717, 1.165) is 25.1 Å². The van der Waals surface area contributed by atoms with Gasteiger partial charge < -0.3 is 9.80 Å². The second-order valence-corrected chi connectivity index (χ2v) is 7.31. The third-order valence-electron chi connectivity index (χ3n) is 5.07. The molecule has 0 saturated carbocycles. The van der Waals surface area contributed by atoms with E-state index in [9.17, 15) is 9.59 Å². The topological polar surface area (TPSA) is 100 Å². The van der Waals surface area contributed by atoms with E-state index < -0.39 is 0 Å². The summed E-state index contributed by atoms with van der Waals surface area (Å²) in [5.74, 6) is 1.24. The first-order valence-corrected chi connectivity index (χ1v) is 9.56. The van der Waals surface area contributed by atoms with Gasteiger partial charge >= 0.3 is 5.69 Å². The minimum absolute atomic E-state index is 0.0536. The zero-order chi connectivity index (χ0) is 20.4. The fourth-order valence-corrected chi connectivity index (χ4v) is 3.65. The number of aromatic nitrogens is 5. The van der Waals surface area contributed by atoms with Crippen molar-refractivity contribution in [2.75, 3.05) is 32.1 Å². The maximum Gasteiger partial charge on any atom is 0.347 e. The van der Waals surface area contributed by atoms with Crippen LogP contribution in [0.15, 0.2) is 47.5 Å². The number of nitrogens with one attached hydrogen (secondary N) is 1. The summed E-state index contributed by atoms with van der Waals surface area (Å²) in [7, 11) is 3.38. The number of hydrogen-bond acceptors (Lipinski definition) is 6. The predicted octanol–water partition coefficient (Wildman–Crippen LogP) is 1.44. The lowest BCUT2D eigenvalue weighted by molar-refractivity contribution is 0.0821. The van der Waals surface area contributed by atoms with Gasteiger partial charge in [0.05, 0.1) is 18.1 Å². The Bertz CT molecular complexity index is 1060. The number of aromatic amines is 1. The number of para-hydroxylation sites is 1. The third-order valence-corrected chi connectivity index (χ3v) is 5.07. The number of benzene rings is 1. The number of anilines is 1. The van der Waals surface area contributed by atoms with Gasteiger partial charge in [-0.2, -0.15) is 5.10 Å². The Morgan fingerprint density at radius 2 is 2.00 bits per heavy atom. The van der Waals surface area contributed by atoms with Gasteiger partial charge in [-0.1, -0.05) is 18.2 Å². The highest BCUT2D eigenvalue weighted by atomic mass is 16.2. The number of nitrogens with zero attached hydrogens (tertiary/aromatic N) is 6. The van der Waals surface area contributed by atoms with Crippen LogP contribution in [0.5, 0.6) is 0 Å². The molecule has 0 aliphatic carbocycles. The van der Waals surface area contributed by atoms with Crippen molar-refractivity contribution in [3.63, 3.8) is 0 Å². The van der Waals surface area contributed by atoms with Gasteiger partial charge in [0.15, 0.2) is 0 Å². The highest BCUT2D eigenvalue weighted by Crippen LogP contribution is 2.28. The Morgan fingerprint density at radius 1 is 1.21 bits per heavy atom. The average Bonchev–Trinajstić information content (AvgIpc) is 3.15. The maximum atomic E-state index is 12.4. The summed E-state index contributed by atoms with van der Waals surface area (Å²) < 4.78 is 1.63. The Balaban J connectivity index is 1.62. The van der Waals surface area contributed by atoms with Crippen LogP contribution in [0.4, 0.5) is 5.82 Å². The summed E-state index contributed by atoms with van der Waals surface area (Å²) in [6, 6.07) is 9.49. The molecule has 0 spiro atoms. The molecule has 9 nitrogen and oxygen atoms in total. The number of piperidine rings is 1. The molecule has 1 aliphatic rings. The number of amides is 1. The molecule has 1 amide bonds. The van der Waals surface area contributed by atoms with Gasteiger partial charge in [0.1, 0.15) is 17.3 Å². The van der Waals surface area contributed by atoms with Crippen molar-refractivity contribution in [1.82, 2.24) is 29.6 Å². The first kappa shape index (κ1) is 18.9. The molecule has 3 aromatic rings. The van der Waals surface area contributed by atoms with Crippen molar-refractivity contribution in [3.05, 3.63) is 64.7 Å². The van der Waals surface area contributed by atoms with Crippen LogP contribution in [0, 0.1) is 0 Å². The molecular formula is C20H23N7O2. The molecule has 9 heteroatoms. The molecule has 4 rings (SSSR count). The molecule has 1 aliphatic heterocycles. The molecule has 3 heterocycles. The van der Waals surface area contributed by atoms with Gasteiger partial charge in [-0.15, -0.1) is 0 Å². The third kappa shape index (κ3) is 3.75. The van der Waals surface area contributed by atoms with E-state index in [-0.39, 0.29) is 17.5 Å². The second-order valence-electron chi connectivity index (χ2n) is 7.31. The van der Waals surface area contributed by atoms with Crippen LogP contribution < -0.4 is 10.6 Å². The highest BCUT2D eigenvalue weighted by molar-refractivity contribution is 5.91. The van der Waals surface area contributed by atoms with Crippen molar-refractivity contribution in [3.8, 4) is 5.69 Å². The standard InChI is InChI=1S/C20H23N7O2/c1-25(2)19(28)16-11-21-12-17(22-16)26-10-6-7-14(13-26)18-23-24-20(29)27(18)15-8-4-3-5-9-15/h3-5,8-9,11-12,14H,6-7,10,13H2,1-2H3,(H,24,29). The minimum Gasteiger partial charge on any atom is -0.355 e. The van der Waals surface area contributed by atoms with E-state index in [1.807, 2.05) is 30.3 Å². The smallest absolute Gasteiger partial charge is 0.347 e. The van der Waals surface area contributed by atoms with Gasteiger partial charge in [0, 0.05) is 33.1 Å². The van der Waals surface area contributed by atoms with Crippen molar-refractivity contribution in [2.24, 2.45) is 0 Å². The summed E-state index contributed by atoms with van der Waals surface area (Å²) >= 11 is 0. The summed E-state index contributed by atoms with van der Waals surface area (Å²) in [5.41, 5.74) is 0.856. The zero-order valence-electron chi connectivity index (χ0n) is 16.4. The molecule has 1 saturated heterocycles. The SMILES string of the molecule is CN(C)C(=O)c1cncc(N2CCCC(c3n[nH]c(=O)n3-c3ccccc3)C2)n1. The molecule has 1 unspecified atom stereocenters. The van der Waals surface area contributed by atoms with Crippen LogP contribution in [-0.2, 0) is 0 Å². The molecule has 29 heavy (non-hydrogen) atoms. The van der Waals surface area contributed by atoms with Gasteiger partial charge in [0.25, 0.3) is 5.91 Å². The van der Waals surface area contributed by atoms with E-state index in [1.54, 1.807) is 24.9 Å². The quantitative estimate of drug-likeness (QED) is 0.720. The molecule has 1 atom stereocenters. The number of hydrogen-bond donors (Lipinski definition) is 1. The summed E-state index contributed by atoms with van der Waals surface area (Å²) in [5, 5.41) is 6.90. The Kier molecular flexibility index (Phi) is 5.11. The van der Waals surface area contributed by atoms with Crippen molar-refractivity contribution in [1.29, 1.82) is 0 Å². The fourth-order valence-electron chi connectivity index (χ4n) is 3.65. The predicted molar refractivity (Wildman–Crippen MR) is 108 cm³/mol. The Morgan fingerprint density at radius 3 is 2.76 bits per heavy atom. The van der Waals surface area contributed by atoms with E-state index >= 15 is 0 Å². The zero-order valence-corrected chi connectivity index (χ0v) is 16.4. The molecule has 1 aromatic carbocycles. The van der Waals surface area contributed by atoms with Gasteiger partial charge in [-0.05, 0) is 25.0 Å². The van der Waals surface area contributed by atoms with Crippen LogP contribution in [0.25, 0.3) is 5.69 Å². The number of rotatable bonds is 4. The molecular weight excluding hydrogens is 370 g/mol. The van der Waals surface area contributed by atoms with Gasteiger partial charge in [-0.25, -0.2) is 19.4 Å². The molecule has 150 valence electrons. The van der Waals surface area contributed by atoms with Crippen LogP contribution in [-0.4, -0.2) is 62.7 Å². The first-order valence-electron chi connectivity index (χ1n) is 9.56. The van der Waals surface area contributed by atoms with Gasteiger partial charge in [-0.3, -0.25) is 9.78 Å². The lowest BCUT2D eigenvalue weighted by Gasteiger charge is -2.33. The van der Waals surface area contributed by atoms with Crippen molar-refractivity contribution >= 4 is 11.7 Å². The summed E-state index contributed by atoms with van der Waals surface area (Å²) in [4.78, 5) is 36.9. The van der Waals surface area contributed by atoms with E-state index in [2.05, 4.69) is 25.1 Å². The van der Waals surface area contributed by atoms with Crippen LogP contribution in [0.2, 0.25) is 0 Å². The van der Waals surface area contributed by atoms with Gasteiger partial charge in [0.2, 0.25) is 0 Å². The number of carbonyl (C=O) groups excluding carboxylic acids is 1. The molecule has 1 N–H and O–H groups in total. The highest BCUT2D eigenvalue weighted by Gasteiger charge is 2.28. The van der Waals surface area contributed by atoms with Crippen LogP contribution >= 0.6 is 0 Å². The molecule has 0 radical (unpaired) electrons. The maximum absolute atomic E-state index is 12.4. The van der Waals surface area contributed by atoms with Crippen molar-refractivity contribution < 1.29 is 4.79 Å². The van der Waals surface area contributed by atoms with E-state index in [4.69, 9.17) is 0 Å². The lowest BCUT2D eigenvalue weighted by Crippen LogP contribution is -2.37.